The highest BCUT2D eigenvalue weighted by Crippen LogP contribution is 2.30. The summed E-state index contributed by atoms with van der Waals surface area (Å²) in [6.07, 6.45) is 2.42. The topological polar surface area (TPSA) is 91.5 Å². The number of thiocarbonyl (C=S) groups is 1. The molecule has 8 heteroatoms. The number of hydrogen-bond donors (Lipinski definition) is 3. The van der Waals surface area contributed by atoms with Crippen molar-refractivity contribution in [1.82, 2.24) is 10.4 Å². The SMILES string of the molecule is Cc1cccc(NC(=O)c2oc3c(c2C)/C(=N/NC(=S)Nc2ccccc2)CCC3)n1. The number of rotatable bonds is 4. The van der Waals surface area contributed by atoms with Gasteiger partial charge < -0.3 is 15.1 Å². The van der Waals surface area contributed by atoms with Gasteiger partial charge in [0.25, 0.3) is 5.91 Å². The van der Waals surface area contributed by atoms with Crippen molar-refractivity contribution in [3.63, 3.8) is 0 Å². The van der Waals surface area contributed by atoms with E-state index < -0.39 is 0 Å². The number of nitrogens with zero attached hydrogens (tertiary/aromatic N) is 2. The third kappa shape index (κ3) is 4.80. The molecule has 0 radical (unpaired) electrons. The number of aryl methyl sites for hydroxylation is 2. The number of fused-ring (bicyclic) bond motifs is 1. The normalized spacial score (nSPS) is 14.1. The number of hydrazone groups is 1. The molecule has 0 atom stereocenters. The maximum atomic E-state index is 12.8. The Balaban J connectivity index is 1.51. The Bertz CT molecular complexity index is 1150. The summed E-state index contributed by atoms with van der Waals surface area (Å²) in [6, 6.07) is 15.1. The van der Waals surface area contributed by atoms with Crippen LogP contribution in [0.15, 0.2) is 58.0 Å². The summed E-state index contributed by atoms with van der Waals surface area (Å²) < 4.78 is 5.94. The number of amides is 1. The zero-order valence-electron chi connectivity index (χ0n) is 17.4. The number of pyridine rings is 1. The summed E-state index contributed by atoms with van der Waals surface area (Å²) >= 11 is 5.34. The average molecular weight is 434 g/mol. The smallest absolute Gasteiger partial charge is 0.292 e. The van der Waals surface area contributed by atoms with Gasteiger partial charge in [-0.05, 0) is 63.2 Å². The fourth-order valence-corrected chi connectivity index (χ4v) is 3.74. The molecule has 2 heterocycles. The van der Waals surface area contributed by atoms with E-state index in [4.69, 9.17) is 16.6 Å². The molecule has 0 unspecified atom stereocenters. The van der Waals surface area contributed by atoms with Crippen LogP contribution in [-0.2, 0) is 6.42 Å². The van der Waals surface area contributed by atoms with Gasteiger partial charge in [-0.2, -0.15) is 5.10 Å². The van der Waals surface area contributed by atoms with E-state index >= 15 is 0 Å². The minimum Gasteiger partial charge on any atom is -0.455 e. The van der Waals surface area contributed by atoms with Crippen molar-refractivity contribution in [2.75, 3.05) is 10.6 Å². The number of para-hydroxylation sites is 1. The van der Waals surface area contributed by atoms with Crippen LogP contribution in [0.25, 0.3) is 0 Å². The van der Waals surface area contributed by atoms with Crippen molar-refractivity contribution < 1.29 is 9.21 Å². The van der Waals surface area contributed by atoms with Crippen LogP contribution in [0, 0.1) is 13.8 Å². The molecular weight excluding hydrogens is 410 g/mol. The van der Waals surface area contributed by atoms with Crippen molar-refractivity contribution in [2.24, 2.45) is 5.10 Å². The Morgan fingerprint density at radius 3 is 2.65 bits per heavy atom. The van der Waals surface area contributed by atoms with Crippen molar-refractivity contribution in [3.8, 4) is 0 Å². The van der Waals surface area contributed by atoms with Gasteiger partial charge in [-0.15, -0.1) is 0 Å². The van der Waals surface area contributed by atoms with E-state index in [9.17, 15) is 4.79 Å². The van der Waals surface area contributed by atoms with E-state index in [0.29, 0.717) is 10.9 Å². The fourth-order valence-electron chi connectivity index (χ4n) is 3.58. The largest absolute Gasteiger partial charge is 0.455 e. The first-order valence-corrected chi connectivity index (χ1v) is 10.5. The van der Waals surface area contributed by atoms with Crippen molar-refractivity contribution in [2.45, 2.75) is 33.1 Å². The van der Waals surface area contributed by atoms with Crippen LogP contribution in [0.4, 0.5) is 11.5 Å². The predicted octanol–water partition coefficient (Wildman–Crippen LogP) is 4.57. The van der Waals surface area contributed by atoms with Gasteiger partial charge >= 0.3 is 0 Å². The molecule has 4 rings (SSSR count). The Labute approximate surface area is 186 Å². The molecule has 0 spiro atoms. The Hall–Kier alpha value is -3.52. The minimum absolute atomic E-state index is 0.285. The van der Waals surface area contributed by atoms with Crippen LogP contribution in [0.5, 0.6) is 0 Å². The van der Waals surface area contributed by atoms with E-state index in [1.165, 1.54) is 0 Å². The zero-order valence-corrected chi connectivity index (χ0v) is 18.2. The first kappa shape index (κ1) is 20.7. The highest BCUT2D eigenvalue weighted by atomic mass is 32.1. The number of benzene rings is 1. The fraction of sp³-hybridized carbons (Fsp3) is 0.217. The van der Waals surface area contributed by atoms with Gasteiger partial charge in [0.15, 0.2) is 10.9 Å². The molecule has 0 bridgehead atoms. The van der Waals surface area contributed by atoms with E-state index in [1.807, 2.05) is 56.3 Å². The molecule has 2 aromatic heterocycles. The second-order valence-corrected chi connectivity index (χ2v) is 7.72. The molecule has 0 fully saturated rings. The van der Waals surface area contributed by atoms with Crippen LogP contribution in [0.3, 0.4) is 0 Å². The van der Waals surface area contributed by atoms with Crippen molar-refractivity contribution >= 4 is 40.5 Å². The summed E-state index contributed by atoms with van der Waals surface area (Å²) in [6.45, 7) is 3.75. The molecule has 1 amide bonds. The molecule has 0 saturated carbocycles. The van der Waals surface area contributed by atoms with Crippen molar-refractivity contribution in [3.05, 3.63) is 76.9 Å². The van der Waals surface area contributed by atoms with Gasteiger partial charge in [-0.25, -0.2) is 4.98 Å². The number of nitrogens with one attached hydrogen (secondary N) is 3. The number of carbonyl (C=O) groups excluding carboxylic acids is 1. The lowest BCUT2D eigenvalue weighted by Gasteiger charge is -2.14. The summed E-state index contributed by atoms with van der Waals surface area (Å²) in [5, 5.41) is 10.8. The molecule has 1 aliphatic carbocycles. The molecular formula is C23H23N5O2S. The molecule has 3 aromatic rings. The summed E-state index contributed by atoms with van der Waals surface area (Å²) in [5.41, 5.74) is 7.09. The average Bonchev–Trinajstić information content (AvgIpc) is 3.10. The first-order chi connectivity index (χ1) is 15.0. The molecule has 1 aromatic carbocycles. The lowest BCUT2D eigenvalue weighted by Crippen LogP contribution is -2.26. The number of carbonyl (C=O) groups is 1. The molecule has 31 heavy (non-hydrogen) atoms. The van der Waals surface area contributed by atoms with Crippen molar-refractivity contribution in [1.29, 1.82) is 0 Å². The maximum absolute atomic E-state index is 12.8. The molecule has 158 valence electrons. The monoisotopic (exact) mass is 433 g/mol. The van der Waals surface area contributed by atoms with Crippen LogP contribution in [-0.4, -0.2) is 21.7 Å². The molecule has 7 nitrogen and oxygen atoms in total. The standard InChI is InChI=1S/C23H23N5O2S/c1-14-8-6-13-19(24-14)26-22(29)21-15(2)20-17(11-7-12-18(20)30-21)27-28-23(31)25-16-9-4-3-5-10-16/h3-6,8-10,13H,7,11-12H2,1-2H3,(H,24,26,29)(H2,25,28,31)/b27-17+. The Morgan fingerprint density at radius 1 is 1.06 bits per heavy atom. The second-order valence-electron chi connectivity index (χ2n) is 7.32. The second kappa shape index (κ2) is 9.09. The molecule has 0 aliphatic heterocycles. The number of anilines is 2. The van der Waals surface area contributed by atoms with Crippen LogP contribution in [0.1, 0.15) is 46.0 Å². The first-order valence-electron chi connectivity index (χ1n) is 10.1. The van der Waals surface area contributed by atoms with E-state index in [0.717, 1.165) is 53.2 Å². The Kier molecular flexibility index (Phi) is 6.08. The highest BCUT2D eigenvalue weighted by Gasteiger charge is 2.28. The lowest BCUT2D eigenvalue weighted by molar-refractivity contribution is 0.0993. The summed E-state index contributed by atoms with van der Waals surface area (Å²) in [4.78, 5) is 17.1. The van der Waals surface area contributed by atoms with Crippen LogP contribution >= 0.6 is 12.2 Å². The number of aromatic nitrogens is 1. The van der Waals surface area contributed by atoms with Gasteiger partial charge in [0.1, 0.15) is 11.6 Å². The third-order valence-corrected chi connectivity index (χ3v) is 5.18. The van der Waals surface area contributed by atoms with Gasteiger partial charge in [-0.3, -0.25) is 10.2 Å². The van der Waals surface area contributed by atoms with Crippen LogP contribution in [0.2, 0.25) is 0 Å². The van der Waals surface area contributed by atoms with E-state index in [1.54, 1.807) is 6.07 Å². The van der Waals surface area contributed by atoms with E-state index in [-0.39, 0.29) is 11.7 Å². The molecule has 0 saturated heterocycles. The third-order valence-electron chi connectivity index (χ3n) is 4.99. The van der Waals surface area contributed by atoms with Gasteiger partial charge in [-0.1, -0.05) is 24.3 Å². The summed E-state index contributed by atoms with van der Waals surface area (Å²) in [7, 11) is 0. The van der Waals surface area contributed by atoms with E-state index in [2.05, 4.69) is 26.1 Å². The lowest BCUT2D eigenvalue weighted by atomic mass is 9.93. The highest BCUT2D eigenvalue weighted by molar-refractivity contribution is 7.80. The Morgan fingerprint density at radius 2 is 1.87 bits per heavy atom. The van der Waals surface area contributed by atoms with Crippen LogP contribution < -0.4 is 16.1 Å². The molecule has 3 N–H and O–H groups in total. The predicted molar refractivity (Wildman–Crippen MR) is 126 cm³/mol. The maximum Gasteiger partial charge on any atom is 0.292 e. The minimum atomic E-state index is -0.321. The zero-order chi connectivity index (χ0) is 21.8. The number of furan rings is 1. The quantitative estimate of drug-likeness (QED) is 0.412. The van der Waals surface area contributed by atoms with Gasteiger partial charge in [0.05, 0.1) is 5.71 Å². The number of hydrogen-bond acceptors (Lipinski definition) is 5. The summed E-state index contributed by atoms with van der Waals surface area (Å²) in [5.74, 6) is 1.23. The van der Waals surface area contributed by atoms with Gasteiger partial charge in [0, 0.05) is 28.9 Å². The molecule has 1 aliphatic rings. The van der Waals surface area contributed by atoms with Gasteiger partial charge in [0.2, 0.25) is 0 Å².